The second-order valence-corrected chi connectivity index (χ2v) is 7.09. The second kappa shape index (κ2) is 9.73. The summed E-state index contributed by atoms with van der Waals surface area (Å²) in [5.74, 6) is -0.640. The average molecular weight is 439 g/mol. The molecule has 0 aliphatic rings. The number of benzene rings is 1. The van der Waals surface area contributed by atoms with E-state index in [9.17, 15) is 13.2 Å². The van der Waals surface area contributed by atoms with Gasteiger partial charge in [0.05, 0.1) is 11.6 Å². The molecule has 0 aliphatic carbocycles. The van der Waals surface area contributed by atoms with Crippen LogP contribution in [0.2, 0.25) is 0 Å². The lowest BCUT2D eigenvalue weighted by atomic mass is 10.1. The van der Waals surface area contributed by atoms with Gasteiger partial charge in [0.1, 0.15) is 5.82 Å². The molecule has 0 amide bonds. The minimum Gasteiger partial charge on any atom is -0.475 e. The Balaban J connectivity index is 0.000000423. The van der Waals surface area contributed by atoms with E-state index in [2.05, 4.69) is 26.9 Å². The Kier molecular flexibility index (Phi) is 7.55. The van der Waals surface area contributed by atoms with Gasteiger partial charge in [0.2, 0.25) is 11.7 Å². The molecule has 0 radical (unpaired) electrons. The Morgan fingerprint density at radius 3 is 2.29 bits per heavy atom. The van der Waals surface area contributed by atoms with Crippen molar-refractivity contribution in [3.63, 3.8) is 0 Å². The van der Waals surface area contributed by atoms with Gasteiger partial charge in [-0.05, 0) is 32.6 Å². The predicted octanol–water partition coefficient (Wildman–Crippen LogP) is 4.00. The molecular formula is C20H24F3N5O3. The van der Waals surface area contributed by atoms with E-state index in [1.807, 2.05) is 63.4 Å². The fourth-order valence-corrected chi connectivity index (χ4v) is 2.82. The lowest BCUT2D eigenvalue weighted by Crippen LogP contribution is -2.21. The lowest BCUT2D eigenvalue weighted by molar-refractivity contribution is -0.192. The van der Waals surface area contributed by atoms with E-state index in [1.54, 1.807) is 0 Å². The summed E-state index contributed by atoms with van der Waals surface area (Å²) >= 11 is 0. The number of alkyl halides is 3. The largest absolute Gasteiger partial charge is 0.490 e. The molecule has 3 aromatic rings. The topological polar surface area (TPSA) is 95.6 Å². The van der Waals surface area contributed by atoms with Crippen LogP contribution in [0.15, 0.2) is 34.9 Å². The molecule has 2 heterocycles. The van der Waals surface area contributed by atoms with E-state index in [-0.39, 0.29) is 6.04 Å². The highest BCUT2D eigenvalue weighted by molar-refractivity contribution is 5.94. The van der Waals surface area contributed by atoms with Gasteiger partial charge in [0.25, 0.3) is 0 Å². The molecule has 1 atom stereocenters. The van der Waals surface area contributed by atoms with E-state index in [4.69, 9.17) is 14.4 Å². The number of nitrogens with zero attached hydrogens (tertiary/aromatic N) is 5. The normalized spacial score (nSPS) is 12.4. The molecule has 0 bridgehead atoms. The smallest absolute Gasteiger partial charge is 0.475 e. The Hall–Kier alpha value is -3.21. The molecule has 3 rings (SSSR count). The van der Waals surface area contributed by atoms with Gasteiger partial charge in [-0.25, -0.2) is 9.78 Å². The van der Waals surface area contributed by atoms with Gasteiger partial charge in [-0.1, -0.05) is 30.3 Å². The zero-order chi connectivity index (χ0) is 23.3. The number of carboxylic acids is 1. The molecule has 0 spiro atoms. The monoisotopic (exact) mass is 439 g/mol. The van der Waals surface area contributed by atoms with E-state index in [1.165, 1.54) is 0 Å². The van der Waals surface area contributed by atoms with Gasteiger partial charge in [-0.3, -0.25) is 4.90 Å². The summed E-state index contributed by atoms with van der Waals surface area (Å²) in [6.07, 6.45) is -4.17. The van der Waals surface area contributed by atoms with Crippen LogP contribution >= 0.6 is 0 Å². The van der Waals surface area contributed by atoms with Crippen LogP contribution in [0.25, 0.3) is 22.3 Å². The molecule has 31 heavy (non-hydrogen) atoms. The van der Waals surface area contributed by atoms with E-state index in [0.717, 1.165) is 28.7 Å². The zero-order valence-corrected chi connectivity index (χ0v) is 17.8. The highest BCUT2D eigenvalue weighted by Gasteiger charge is 2.38. The molecule has 0 aliphatic heterocycles. The van der Waals surface area contributed by atoms with Gasteiger partial charge in [-0.15, -0.1) is 0 Å². The lowest BCUT2D eigenvalue weighted by Gasteiger charge is -2.18. The van der Waals surface area contributed by atoms with Crippen molar-refractivity contribution in [2.24, 2.45) is 0 Å². The summed E-state index contributed by atoms with van der Waals surface area (Å²) in [5.41, 5.74) is 1.86. The highest BCUT2D eigenvalue weighted by atomic mass is 19.4. The Labute approximate surface area is 177 Å². The van der Waals surface area contributed by atoms with Crippen LogP contribution in [0.5, 0.6) is 0 Å². The number of aliphatic carboxylic acids is 1. The number of hydrogen-bond acceptors (Lipinski definition) is 7. The maximum absolute atomic E-state index is 10.6. The fourth-order valence-electron chi connectivity index (χ4n) is 2.82. The van der Waals surface area contributed by atoms with Crippen LogP contribution in [-0.2, 0) is 4.79 Å². The molecule has 1 aromatic carbocycles. The number of fused-ring (bicyclic) bond motifs is 1. The van der Waals surface area contributed by atoms with Gasteiger partial charge < -0.3 is 14.5 Å². The summed E-state index contributed by atoms with van der Waals surface area (Å²) in [7, 11) is 7.98. The van der Waals surface area contributed by atoms with Crippen LogP contribution in [-0.4, -0.2) is 65.5 Å². The summed E-state index contributed by atoms with van der Waals surface area (Å²) in [4.78, 5) is 22.3. The minimum absolute atomic E-state index is 0.118. The van der Waals surface area contributed by atoms with Crippen molar-refractivity contribution in [3.8, 4) is 11.4 Å². The van der Waals surface area contributed by atoms with Crippen LogP contribution in [0.4, 0.5) is 19.0 Å². The molecule has 168 valence electrons. The molecule has 11 heteroatoms. The Morgan fingerprint density at radius 1 is 1.16 bits per heavy atom. The van der Waals surface area contributed by atoms with E-state index < -0.39 is 12.1 Å². The molecule has 8 nitrogen and oxygen atoms in total. The average Bonchev–Trinajstić information content (AvgIpc) is 3.16. The first-order valence-electron chi connectivity index (χ1n) is 9.33. The van der Waals surface area contributed by atoms with Gasteiger partial charge in [-0.2, -0.15) is 18.2 Å². The van der Waals surface area contributed by atoms with Crippen LogP contribution in [0.1, 0.15) is 25.3 Å². The zero-order valence-electron chi connectivity index (χ0n) is 17.8. The number of carboxylic acid groups (broad SMARTS) is 1. The number of hydrogen-bond donors (Lipinski definition) is 1. The first-order chi connectivity index (χ1) is 14.5. The highest BCUT2D eigenvalue weighted by Crippen LogP contribution is 2.30. The Bertz CT molecular complexity index is 1030. The van der Waals surface area contributed by atoms with Crippen molar-refractivity contribution in [3.05, 3.63) is 36.2 Å². The molecular weight excluding hydrogens is 415 g/mol. The third-order valence-electron chi connectivity index (χ3n) is 4.38. The standard InChI is InChI=1S/C18H23N5O.C2HF3O2/c1-6-15(22(2)3)18-20-17(21-24-18)13-11-16(23(4)5)19-14-10-8-7-9-12(13)14;3-2(4,5)1(6)7/h7-11,15H,6H2,1-5H3;(H,6,7). The van der Waals surface area contributed by atoms with Crippen molar-refractivity contribution >= 4 is 22.7 Å². The Morgan fingerprint density at radius 2 is 1.77 bits per heavy atom. The van der Waals surface area contributed by atoms with Gasteiger partial charge >= 0.3 is 12.1 Å². The number of rotatable bonds is 5. The van der Waals surface area contributed by atoms with Gasteiger partial charge in [0, 0.05) is 25.0 Å². The number of halogens is 3. The molecule has 0 fully saturated rings. The van der Waals surface area contributed by atoms with Gasteiger partial charge in [0.15, 0.2) is 0 Å². The summed E-state index contributed by atoms with van der Waals surface area (Å²) < 4.78 is 37.3. The van der Waals surface area contributed by atoms with Crippen molar-refractivity contribution in [1.82, 2.24) is 20.0 Å². The predicted molar refractivity (Wildman–Crippen MR) is 110 cm³/mol. The van der Waals surface area contributed by atoms with Crippen LogP contribution in [0.3, 0.4) is 0 Å². The maximum atomic E-state index is 10.6. The third-order valence-corrected chi connectivity index (χ3v) is 4.38. The molecule has 1 N–H and O–H groups in total. The maximum Gasteiger partial charge on any atom is 0.490 e. The van der Waals surface area contributed by atoms with Crippen molar-refractivity contribution in [1.29, 1.82) is 0 Å². The molecule has 2 aromatic heterocycles. The second-order valence-electron chi connectivity index (χ2n) is 7.09. The third kappa shape index (κ3) is 5.91. The van der Waals surface area contributed by atoms with Crippen LogP contribution in [0, 0.1) is 0 Å². The molecule has 0 saturated carbocycles. The molecule has 1 unspecified atom stereocenters. The number of carbonyl (C=O) groups is 1. The number of aromatic nitrogens is 3. The van der Waals surface area contributed by atoms with Crippen molar-refractivity contribution in [2.75, 3.05) is 33.1 Å². The van der Waals surface area contributed by atoms with E-state index >= 15 is 0 Å². The first kappa shape index (κ1) is 24.1. The number of para-hydroxylation sites is 1. The number of pyridine rings is 1. The van der Waals surface area contributed by atoms with Crippen LogP contribution < -0.4 is 4.90 Å². The SMILES string of the molecule is CCC(c1nc(-c2cc(N(C)C)nc3ccccc23)no1)N(C)C.O=C(O)C(F)(F)F. The van der Waals surface area contributed by atoms with Crippen molar-refractivity contribution in [2.45, 2.75) is 25.6 Å². The summed E-state index contributed by atoms with van der Waals surface area (Å²) in [6, 6.07) is 10.1. The molecule has 0 saturated heterocycles. The number of anilines is 1. The van der Waals surface area contributed by atoms with E-state index in [0.29, 0.717) is 11.7 Å². The minimum atomic E-state index is -5.08. The fraction of sp³-hybridized carbons (Fsp3) is 0.400. The summed E-state index contributed by atoms with van der Waals surface area (Å²) in [6.45, 7) is 2.11. The summed E-state index contributed by atoms with van der Waals surface area (Å²) in [5, 5.41) is 12.4. The quantitative estimate of drug-likeness (QED) is 0.638. The van der Waals surface area contributed by atoms with Crippen molar-refractivity contribution < 1.29 is 27.6 Å². The first-order valence-corrected chi connectivity index (χ1v) is 9.33.